The number of benzene rings is 2. The van der Waals surface area contributed by atoms with Crippen LogP contribution in [0.3, 0.4) is 0 Å². The van der Waals surface area contributed by atoms with Crippen molar-refractivity contribution in [2.24, 2.45) is 4.99 Å². The maximum Gasteiger partial charge on any atom is 0.191 e. The molecule has 162 valence electrons. The summed E-state index contributed by atoms with van der Waals surface area (Å²) in [5, 5.41) is 6.61. The molecule has 2 aromatic carbocycles. The van der Waals surface area contributed by atoms with E-state index < -0.39 is 9.84 Å². The highest BCUT2D eigenvalue weighted by atomic mass is 127. The summed E-state index contributed by atoms with van der Waals surface area (Å²) < 4.78 is 23.5. The lowest BCUT2D eigenvalue weighted by Gasteiger charge is -2.19. The summed E-state index contributed by atoms with van der Waals surface area (Å²) in [4.78, 5) is 6.97. The van der Waals surface area contributed by atoms with Gasteiger partial charge in [-0.1, -0.05) is 36.4 Å². The minimum Gasteiger partial charge on any atom is -0.364 e. The van der Waals surface area contributed by atoms with Gasteiger partial charge < -0.3 is 15.5 Å². The molecule has 0 aromatic heterocycles. The lowest BCUT2D eigenvalue weighted by atomic mass is 10.1. The third-order valence-corrected chi connectivity index (χ3v) is 6.13. The number of halogens is 1. The van der Waals surface area contributed by atoms with Gasteiger partial charge in [-0.3, -0.25) is 4.99 Å². The second-order valence-corrected chi connectivity index (χ2v) is 9.18. The second-order valence-electron chi connectivity index (χ2n) is 7.20. The number of anilines is 1. The van der Waals surface area contributed by atoms with Crippen LogP contribution in [0.2, 0.25) is 0 Å². The zero-order chi connectivity index (χ0) is 20.9. The number of hydrogen-bond acceptors (Lipinski definition) is 4. The number of rotatable bonds is 6. The summed E-state index contributed by atoms with van der Waals surface area (Å²) in [6.07, 6.45) is 5.59. The van der Waals surface area contributed by atoms with Gasteiger partial charge in [-0.15, -0.1) is 24.0 Å². The molecule has 0 aliphatic carbocycles. The molecular weight excluding hydrogens is 511 g/mol. The predicted octanol–water partition coefficient (Wildman–Crippen LogP) is 3.26. The quantitative estimate of drug-likeness (QED) is 0.255. The van der Waals surface area contributed by atoms with Crippen LogP contribution < -0.4 is 15.5 Å². The molecule has 0 saturated heterocycles. The van der Waals surface area contributed by atoms with Crippen LogP contribution in [0.4, 0.5) is 5.69 Å². The van der Waals surface area contributed by atoms with Crippen molar-refractivity contribution in [3.63, 3.8) is 0 Å². The van der Waals surface area contributed by atoms with Gasteiger partial charge in [-0.05, 0) is 41.8 Å². The van der Waals surface area contributed by atoms with Crippen LogP contribution in [0.15, 0.2) is 64.5 Å². The van der Waals surface area contributed by atoms with Gasteiger partial charge >= 0.3 is 0 Å². The number of guanidine groups is 1. The molecule has 30 heavy (non-hydrogen) atoms. The molecular formula is C22H29IN4O2S. The summed E-state index contributed by atoms with van der Waals surface area (Å²) in [5.74, 6) is 0.697. The molecule has 2 aromatic rings. The van der Waals surface area contributed by atoms with Gasteiger partial charge in [-0.25, -0.2) is 8.42 Å². The van der Waals surface area contributed by atoms with Crippen LogP contribution in [-0.2, 0) is 22.9 Å². The molecule has 6 nitrogen and oxygen atoms in total. The van der Waals surface area contributed by atoms with E-state index in [-0.39, 0.29) is 24.0 Å². The topological polar surface area (TPSA) is 73.8 Å². The van der Waals surface area contributed by atoms with Crippen LogP contribution in [0.1, 0.15) is 16.7 Å². The fourth-order valence-electron chi connectivity index (χ4n) is 3.38. The first-order chi connectivity index (χ1) is 13.9. The van der Waals surface area contributed by atoms with Crippen molar-refractivity contribution in [3.05, 3.63) is 71.3 Å². The molecule has 1 aliphatic heterocycles. The highest BCUT2D eigenvalue weighted by Crippen LogP contribution is 2.19. The van der Waals surface area contributed by atoms with Gasteiger partial charge in [0.1, 0.15) is 0 Å². The molecule has 0 amide bonds. The molecule has 0 fully saturated rings. The van der Waals surface area contributed by atoms with E-state index >= 15 is 0 Å². The maximum absolute atomic E-state index is 11.8. The van der Waals surface area contributed by atoms with Crippen molar-refractivity contribution in [1.29, 1.82) is 0 Å². The van der Waals surface area contributed by atoms with Gasteiger partial charge in [0.05, 0.1) is 4.90 Å². The molecule has 0 atom stereocenters. The first-order valence-electron chi connectivity index (χ1n) is 9.60. The SMILES string of the molecule is CN=C(NCc1cccc(N2CC=CC2)c1)NCc1ccc(S(C)(=O)=O)c(C)c1.I. The number of aryl methyl sites for hydroxylation is 1. The van der Waals surface area contributed by atoms with E-state index in [4.69, 9.17) is 0 Å². The summed E-state index contributed by atoms with van der Waals surface area (Å²) in [7, 11) is -1.46. The first kappa shape index (κ1) is 24.2. The minimum absolute atomic E-state index is 0. The molecule has 0 bridgehead atoms. The Morgan fingerprint density at radius 1 is 1.03 bits per heavy atom. The van der Waals surface area contributed by atoms with Crippen LogP contribution >= 0.6 is 24.0 Å². The smallest absolute Gasteiger partial charge is 0.191 e. The third kappa shape index (κ3) is 6.46. The predicted molar refractivity (Wildman–Crippen MR) is 135 cm³/mol. The van der Waals surface area contributed by atoms with E-state index in [2.05, 4.69) is 56.9 Å². The normalized spacial score (nSPS) is 13.8. The van der Waals surface area contributed by atoms with Crippen molar-refractivity contribution in [3.8, 4) is 0 Å². The van der Waals surface area contributed by atoms with E-state index in [0.29, 0.717) is 23.9 Å². The number of nitrogens with zero attached hydrogens (tertiary/aromatic N) is 2. The van der Waals surface area contributed by atoms with E-state index in [1.54, 1.807) is 13.1 Å². The van der Waals surface area contributed by atoms with Crippen LogP contribution in [0.5, 0.6) is 0 Å². The average Bonchev–Trinajstić information content (AvgIpc) is 3.22. The summed E-state index contributed by atoms with van der Waals surface area (Å²) in [6, 6.07) is 13.9. The Morgan fingerprint density at radius 3 is 2.23 bits per heavy atom. The molecule has 1 aliphatic rings. The van der Waals surface area contributed by atoms with Crippen molar-refractivity contribution < 1.29 is 8.42 Å². The molecule has 2 N–H and O–H groups in total. The van der Waals surface area contributed by atoms with Gasteiger partial charge in [0.15, 0.2) is 15.8 Å². The Bertz CT molecular complexity index is 1030. The molecule has 1 heterocycles. The Kier molecular flexibility index (Phi) is 8.72. The molecule has 3 rings (SSSR count). The van der Waals surface area contributed by atoms with E-state index in [1.165, 1.54) is 17.5 Å². The Morgan fingerprint density at radius 2 is 1.67 bits per heavy atom. The zero-order valence-corrected chi connectivity index (χ0v) is 20.7. The van der Waals surface area contributed by atoms with E-state index in [1.807, 2.05) is 19.1 Å². The fraction of sp³-hybridized carbons (Fsp3) is 0.318. The van der Waals surface area contributed by atoms with Gasteiger partial charge in [0, 0.05) is 45.2 Å². The highest BCUT2D eigenvalue weighted by Gasteiger charge is 2.11. The first-order valence-corrected chi connectivity index (χ1v) is 11.5. The lowest BCUT2D eigenvalue weighted by Crippen LogP contribution is -2.36. The van der Waals surface area contributed by atoms with Crippen molar-refractivity contribution >= 4 is 45.5 Å². The fourth-order valence-corrected chi connectivity index (χ4v) is 4.34. The Labute approximate surface area is 196 Å². The number of hydrogen-bond donors (Lipinski definition) is 2. The molecule has 0 saturated carbocycles. The van der Waals surface area contributed by atoms with Crippen molar-refractivity contribution in [2.75, 3.05) is 31.3 Å². The molecule has 8 heteroatoms. The lowest BCUT2D eigenvalue weighted by molar-refractivity contribution is 0.601. The third-order valence-electron chi connectivity index (χ3n) is 4.88. The van der Waals surface area contributed by atoms with Crippen LogP contribution in [0.25, 0.3) is 0 Å². The molecule has 0 spiro atoms. The largest absolute Gasteiger partial charge is 0.364 e. The Hall–Kier alpha value is -2.07. The van der Waals surface area contributed by atoms with Gasteiger partial charge in [0.2, 0.25) is 0 Å². The van der Waals surface area contributed by atoms with E-state index in [0.717, 1.165) is 24.2 Å². The summed E-state index contributed by atoms with van der Waals surface area (Å²) >= 11 is 0. The summed E-state index contributed by atoms with van der Waals surface area (Å²) in [6.45, 7) is 4.95. The highest BCUT2D eigenvalue weighted by molar-refractivity contribution is 14.0. The number of nitrogens with one attached hydrogen (secondary N) is 2. The zero-order valence-electron chi connectivity index (χ0n) is 17.6. The van der Waals surface area contributed by atoms with Gasteiger partial charge in [0.25, 0.3) is 0 Å². The van der Waals surface area contributed by atoms with E-state index in [9.17, 15) is 8.42 Å². The molecule has 0 radical (unpaired) electrons. The standard InChI is InChI=1S/C22H28N4O2S.HI/c1-17-13-19(9-10-21(17)29(3,27)28)16-25-22(23-2)24-15-18-7-6-8-20(14-18)26-11-4-5-12-26;/h4-10,13-14H,11-12,15-16H2,1-3H3,(H2,23,24,25);1H. The second kappa shape index (κ2) is 10.8. The van der Waals surface area contributed by atoms with Crippen molar-refractivity contribution in [1.82, 2.24) is 10.6 Å². The van der Waals surface area contributed by atoms with Gasteiger partial charge in [-0.2, -0.15) is 0 Å². The Balaban J connectivity index is 0.00000320. The van der Waals surface area contributed by atoms with Crippen LogP contribution in [0, 0.1) is 6.92 Å². The molecule has 0 unspecified atom stereocenters. The number of aliphatic imine (C=N–C) groups is 1. The summed E-state index contributed by atoms with van der Waals surface area (Å²) in [5.41, 5.74) is 4.16. The van der Waals surface area contributed by atoms with Crippen molar-refractivity contribution in [2.45, 2.75) is 24.9 Å². The monoisotopic (exact) mass is 540 g/mol. The minimum atomic E-state index is -3.20. The number of sulfone groups is 1. The maximum atomic E-state index is 11.8. The average molecular weight is 540 g/mol. The van der Waals surface area contributed by atoms with Crippen LogP contribution in [-0.4, -0.2) is 40.8 Å².